The third kappa shape index (κ3) is 3.14. The average Bonchev–Trinajstić information content (AvgIpc) is 2.70. The van der Waals surface area contributed by atoms with E-state index in [1.807, 2.05) is 6.92 Å². The fourth-order valence-corrected chi connectivity index (χ4v) is 2.29. The van der Waals surface area contributed by atoms with Gasteiger partial charge in [-0.15, -0.1) is 0 Å². The number of rotatable bonds is 6. The monoisotopic (exact) mass is 260 g/mol. The van der Waals surface area contributed by atoms with E-state index in [-0.39, 0.29) is 0 Å². The second-order valence-electron chi connectivity index (χ2n) is 5.18. The van der Waals surface area contributed by atoms with Gasteiger partial charge in [0.15, 0.2) is 0 Å². The third-order valence-electron chi connectivity index (χ3n) is 3.84. The Labute approximate surface area is 115 Å². The summed E-state index contributed by atoms with van der Waals surface area (Å²) in [6.45, 7) is 6.82. The van der Waals surface area contributed by atoms with Gasteiger partial charge in [-0.05, 0) is 43.6 Å². The molecule has 104 valence electrons. The van der Waals surface area contributed by atoms with Crippen molar-refractivity contribution in [3.63, 3.8) is 0 Å². The highest BCUT2D eigenvalue weighted by Gasteiger charge is 2.06. The van der Waals surface area contributed by atoms with Gasteiger partial charge in [-0.2, -0.15) is 0 Å². The van der Waals surface area contributed by atoms with Crippen LogP contribution in [0.2, 0.25) is 0 Å². The molecule has 1 atom stereocenters. The van der Waals surface area contributed by atoms with E-state index in [1.165, 1.54) is 11.1 Å². The summed E-state index contributed by atoms with van der Waals surface area (Å²) in [4.78, 5) is 4.56. The van der Waals surface area contributed by atoms with Gasteiger partial charge in [-0.25, -0.2) is 4.98 Å². The van der Waals surface area contributed by atoms with Crippen LogP contribution in [0.5, 0.6) is 0 Å². The normalized spacial score (nSPS) is 13.1. The van der Waals surface area contributed by atoms with Gasteiger partial charge in [-0.1, -0.05) is 19.4 Å². The van der Waals surface area contributed by atoms with Crippen LogP contribution in [0.4, 0.5) is 0 Å². The van der Waals surface area contributed by atoms with Crippen molar-refractivity contribution in [2.45, 2.75) is 26.8 Å². The molecule has 0 fully saturated rings. The Morgan fingerprint density at radius 2 is 2.21 bits per heavy atom. The number of nitrogens with zero attached hydrogens (tertiary/aromatic N) is 2. The van der Waals surface area contributed by atoms with Crippen LogP contribution in [0.1, 0.15) is 24.7 Å². The van der Waals surface area contributed by atoms with Crippen molar-refractivity contribution in [3.8, 4) is 0 Å². The number of nitrogens with two attached hydrogens (primary N) is 1. The summed E-state index contributed by atoms with van der Waals surface area (Å²) in [7, 11) is 2.05. The van der Waals surface area contributed by atoms with Gasteiger partial charge < -0.3 is 15.6 Å². The van der Waals surface area contributed by atoms with Crippen LogP contribution in [0.3, 0.4) is 0 Å². The number of benzene rings is 1. The molecular weight excluding hydrogens is 236 g/mol. The van der Waals surface area contributed by atoms with E-state index in [0.29, 0.717) is 5.92 Å². The number of imidazole rings is 1. The number of hydrogen-bond donors (Lipinski definition) is 2. The molecule has 4 heteroatoms. The minimum Gasteiger partial charge on any atom is -0.331 e. The standard InChI is InChI=1S/C15H24N4/c1-4-12(8-16)9-17-10-13-5-6-15-14(7-13)18-11(2)19(15)3/h5-7,12,17H,4,8-10,16H2,1-3H3. The predicted octanol–water partition coefficient (Wildman–Crippen LogP) is 1.96. The molecule has 0 saturated carbocycles. The Morgan fingerprint density at radius 3 is 2.89 bits per heavy atom. The lowest BCUT2D eigenvalue weighted by Crippen LogP contribution is -2.27. The summed E-state index contributed by atoms with van der Waals surface area (Å²) < 4.78 is 2.12. The Morgan fingerprint density at radius 1 is 1.42 bits per heavy atom. The number of nitrogens with one attached hydrogen (secondary N) is 1. The van der Waals surface area contributed by atoms with Crippen LogP contribution in [0.25, 0.3) is 11.0 Å². The summed E-state index contributed by atoms with van der Waals surface area (Å²) in [5.41, 5.74) is 9.24. The van der Waals surface area contributed by atoms with E-state index >= 15 is 0 Å². The van der Waals surface area contributed by atoms with E-state index in [1.54, 1.807) is 0 Å². The molecule has 1 aromatic heterocycles. The number of fused-ring (bicyclic) bond motifs is 1. The second-order valence-corrected chi connectivity index (χ2v) is 5.18. The molecule has 2 rings (SSSR count). The number of aromatic nitrogens is 2. The Hall–Kier alpha value is -1.39. The number of aryl methyl sites for hydroxylation is 2. The van der Waals surface area contributed by atoms with Gasteiger partial charge in [0.25, 0.3) is 0 Å². The Kier molecular flexibility index (Phi) is 4.56. The van der Waals surface area contributed by atoms with E-state index in [9.17, 15) is 0 Å². The highest BCUT2D eigenvalue weighted by atomic mass is 15.0. The summed E-state index contributed by atoms with van der Waals surface area (Å²) >= 11 is 0. The minimum absolute atomic E-state index is 0.570. The number of hydrogen-bond acceptors (Lipinski definition) is 3. The highest BCUT2D eigenvalue weighted by molar-refractivity contribution is 5.76. The maximum absolute atomic E-state index is 5.70. The first-order valence-corrected chi connectivity index (χ1v) is 6.98. The molecule has 0 amide bonds. The molecule has 0 bridgehead atoms. The highest BCUT2D eigenvalue weighted by Crippen LogP contribution is 2.16. The topological polar surface area (TPSA) is 55.9 Å². The van der Waals surface area contributed by atoms with Crippen molar-refractivity contribution in [2.24, 2.45) is 18.7 Å². The molecular formula is C15H24N4. The van der Waals surface area contributed by atoms with Crippen LogP contribution in [0, 0.1) is 12.8 Å². The molecule has 1 unspecified atom stereocenters. The SMILES string of the molecule is CCC(CN)CNCc1ccc2c(c1)nc(C)n2C. The summed E-state index contributed by atoms with van der Waals surface area (Å²) in [5, 5.41) is 3.48. The van der Waals surface area contributed by atoms with E-state index in [0.717, 1.165) is 37.4 Å². The van der Waals surface area contributed by atoms with Crippen molar-refractivity contribution >= 4 is 11.0 Å². The lowest BCUT2D eigenvalue weighted by molar-refractivity contribution is 0.471. The quantitative estimate of drug-likeness (QED) is 0.834. The van der Waals surface area contributed by atoms with Crippen LogP contribution in [-0.2, 0) is 13.6 Å². The van der Waals surface area contributed by atoms with Crippen LogP contribution in [0.15, 0.2) is 18.2 Å². The molecule has 19 heavy (non-hydrogen) atoms. The molecule has 1 heterocycles. The summed E-state index contributed by atoms with van der Waals surface area (Å²) in [6.07, 6.45) is 1.13. The van der Waals surface area contributed by atoms with Crippen LogP contribution in [-0.4, -0.2) is 22.6 Å². The van der Waals surface area contributed by atoms with Crippen LogP contribution < -0.4 is 11.1 Å². The third-order valence-corrected chi connectivity index (χ3v) is 3.84. The zero-order valence-electron chi connectivity index (χ0n) is 12.1. The fraction of sp³-hybridized carbons (Fsp3) is 0.533. The molecule has 0 aliphatic rings. The first-order chi connectivity index (χ1) is 9.15. The molecule has 3 N–H and O–H groups in total. The second kappa shape index (κ2) is 6.17. The fourth-order valence-electron chi connectivity index (χ4n) is 2.29. The molecule has 2 aromatic rings. The molecule has 0 saturated heterocycles. The first kappa shape index (κ1) is 14.0. The molecule has 1 aromatic carbocycles. The Balaban J connectivity index is 2.02. The molecule has 0 aliphatic heterocycles. The van der Waals surface area contributed by atoms with Crippen molar-refractivity contribution in [1.82, 2.24) is 14.9 Å². The summed E-state index contributed by atoms with van der Waals surface area (Å²) in [5.74, 6) is 1.62. The van der Waals surface area contributed by atoms with Crippen molar-refractivity contribution < 1.29 is 0 Å². The van der Waals surface area contributed by atoms with Crippen LogP contribution >= 0.6 is 0 Å². The smallest absolute Gasteiger partial charge is 0.106 e. The van der Waals surface area contributed by atoms with E-state index < -0.39 is 0 Å². The zero-order chi connectivity index (χ0) is 13.8. The maximum Gasteiger partial charge on any atom is 0.106 e. The van der Waals surface area contributed by atoms with Gasteiger partial charge >= 0.3 is 0 Å². The van der Waals surface area contributed by atoms with Gasteiger partial charge in [0.1, 0.15) is 5.82 Å². The van der Waals surface area contributed by atoms with Gasteiger partial charge in [0.05, 0.1) is 11.0 Å². The first-order valence-electron chi connectivity index (χ1n) is 6.98. The van der Waals surface area contributed by atoms with Crippen molar-refractivity contribution in [3.05, 3.63) is 29.6 Å². The summed E-state index contributed by atoms with van der Waals surface area (Å²) in [6, 6.07) is 6.48. The van der Waals surface area contributed by atoms with Crippen molar-refractivity contribution in [2.75, 3.05) is 13.1 Å². The lowest BCUT2D eigenvalue weighted by Gasteiger charge is -2.13. The van der Waals surface area contributed by atoms with Gasteiger partial charge in [0, 0.05) is 13.6 Å². The molecule has 0 radical (unpaired) electrons. The van der Waals surface area contributed by atoms with Gasteiger partial charge in [-0.3, -0.25) is 0 Å². The molecule has 0 aliphatic carbocycles. The lowest BCUT2D eigenvalue weighted by atomic mass is 10.1. The predicted molar refractivity (Wildman–Crippen MR) is 80.0 cm³/mol. The Bertz CT molecular complexity index is 540. The average molecular weight is 260 g/mol. The van der Waals surface area contributed by atoms with Gasteiger partial charge in [0.2, 0.25) is 0 Å². The van der Waals surface area contributed by atoms with Crippen molar-refractivity contribution in [1.29, 1.82) is 0 Å². The minimum atomic E-state index is 0.570. The van der Waals surface area contributed by atoms with E-state index in [4.69, 9.17) is 5.73 Å². The van der Waals surface area contributed by atoms with E-state index in [2.05, 4.69) is 47.0 Å². The molecule has 4 nitrogen and oxygen atoms in total. The zero-order valence-corrected chi connectivity index (χ0v) is 12.1. The molecule has 0 spiro atoms. The maximum atomic E-state index is 5.70. The largest absolute Gasteiger partial charge is 0.331 e.